The molecule has 2 aromatic rings. The van der Waals surface area contributed by atoms with Gasteiger partial charge in [0, 0.05) is 5.69 Å². The Hall–Kier alpha value is -2.01. The number of rotatable bonds is 5. The quantitative estimate of drug-likeness (QED) is 0.833. The van der Waals surface area contributed by atoms with Gasteiger partial charge < -0.3 is 5.73 Å². The van der Waals surface area contributed by atoms with Crippen LogP contribution in [0.4, 0.5) is 11.4 Å². The van der Waals surface area contributed by atoms with Gasteiger partial charge in [-0.15, -0.1) is 0 Å². The fourth-order valence-electron chi connectivity index (χ4n) is 2.25. The Balaban J connectivity index is 2.46. The number of anilines is 2. The van der Waals surface area contributed by atoms with Gasteiger partial charge in [0.1, 0.15) is 0 Å². The number of hydrogen-bond donors (Lipinski definition) is 2. The van der Waals surface area contributed by atoms with E-state index in [1.807, 2.05) is 32.0 Å². The van der Waals surface area contributed by atoms with Crippen molar-refractivity contribution in [2.24, 2.45) is 0 Å². The fourth-order valence-corrected chi connectivity index (χ4v) is 3.45. The van der Waals surface area contributed by atoms with Gasteiger partial charge in [0.2, 0.25) is 0 Å². The predicted octanol–water partition coefficient (Wildman–Crippen LogP) is 3.19. The van der Waals surface area contributed by atoms with E-state index in [4.69, 9.17) is 5.73 Å². The first-order chi connectivity index (χ1) is 9.97. The molecule has 0 radical (unpaired) electrons. The number of aryl methyl sites for hydroxylation is 2. The summed E-state index contributed by atoms with van der Waals surface area (Å²) in [6, 6.07) is 12.1. The lowest BCUT2D eigenvalue weighted by atomic mass is 10.0. The number of nitrogens with one attached hydrogen (secondary N) is 1. The van der Waals surface area contributed by atoms with Crippen molar-refractivity contribution in [3.63, 3.8) is 0 Å². The maximum Gasteiger partial charge on any atom is 0.261 e. The minimum absolute atomic E-state index is 0.176. The van der Waals surface area contributed by atoms with Crippen LogP contribution in [0.25, 0.3) is 0 Å². The van der Waals surface area contributed by atoms with Crippen molar-refractivity contribution in [1.82, 2.24) is 0 Å². The third-order valence-corrected chi connectivity index (χ3v) is 4.75. The summed E-state index contributed by atoms with van der Waals surface area (Å²) in [5.74, 6) is 0. The first-order valence-electron chi connectivity index (χ1n) is 6.97. The van der Waals surface area contributed by atoms with E-state index in [9.17, 15) is 8.42 Å². The molecule has 2 rings (SSSR count). The second-order valence-electron chi connectivity index (χ2n) is 4.84. The summed E-state index contributed by atoms with van der Waals surface area (Å²) in [5.41, 5.74) is 8.76. The van der Waals surface area contributed by atoms with Crippen LogP contribution in [0.15, 0.2) is 47.4 Å². The fraction of sp³-hybridized carbons (Fsp3) is 0.250. The lowest BCUT2D eigenvalue weighted by molar-refractivity contribution is 0.601. The normalized spacial score (nSPS) is 11.3. The molecule has 0 heterocycles. The van der Waals surface area contributed by atoms with Crippen LogP contribution >= 0.6 is 0 Å². The molecule has 0 fully saturated rings. The molecule has 3 N–H and O–H groups in total. The Kier molecular flexibility index (Phi) is 4.53. The number of para-hydroxylation sites is 1. The van der Waals surface area contributed by atoms with Gasteiger partial charge in [-0.1, -0.05) is 38.1 Å². The highest BCUT2D eigenvalue weighted by molar-refractivity contribution is 7.92. The zero-order chi connectivity index (χ0) is 15.5. The number of sulfonamides is 1. The highest BCUT2D eigenvalue weighted by Crippen LogP contribution is 2.26. The second-order valence-corrected chi connectivity index (χ2v) is 6.52. The van der Waals surface area contributed by atoms with Crippen LogP contribution < -0.4 is 10.5 Å². The van der Waals surface area contributed by atoms with Gasteiger partial charge in [-0.3, -0.25) is 4.72 Å². The average Bonchev–Trinajstić information content (AvgIpc) is 2.47. The van der Waals surface area contributed by atoms with Crippen LogP contribution in [-0.2, 0) is 22.9 Å². The molecule has 0 aliphatic rings. The molecule has 0 atom stereocenters. The summed E-state index contributed by atoms with van der Waals surface area (Å²) in [7, 11) is -3.63. The van der Waals surface area contributed by atoms with Crippen LogP contribution in [0.1, 0.15) is 25.0 Å². The van der Waals surface area contributed by atoms with Crippen LogP contribution in [0.2, 0.25) is 0 Å². The van der Waals surface area contributed by atoms with Crippen LogP contribution in [0.3, 0.4) is 0 Å². The average molecular weight is 304 g/mol. The molecule has 4 nitrogen and oxygen atoms in total. The van der Waals surface area contributed by atoms with Gasteiger partial charge >= 0.3 is 0 Å². The molecule has 0 saturated heterocycles. The SMILES string of the molecule is CCc1cccc(CC)c1NS(=O)(=O)c1cccc(N)c1. The van der Waals surface area contributed by atoms with Crippen molar-refractivity contribution >= 4 is 21.4 Å². The lowest BCUT2D eigenvalue weighted by Gasteiger charge is -2.15. The molecule has 0 saturated carbocycles. The maximum absolute atomic E-state index is 12.5. The third-order valence-electron chi connectivity index (χ3n) is 3.40. The second kappa shape index (κ2) is 6.18. The van der Waals surface area contributed by atoms with E-state index in [1.165, 1.54) is 6.07 Å². The molecule has 0 amide bonds. The molecular weight excluding hydrogens is 284 g/mol. The van der Waals surface area contributed by atoms with Gasteiger partial charge in [0.25, 0.3) is 10.0 Å². The van der Waals surface area contributed by atoms with E-state index in [0.717, 1.165) is 24.0 Å². The summed E-state index contributed by atoms with van der Waals surface area (Å²) in [5, 5.41) is 0. The molecule has 0 bridgehead atoms. The Bertz CT molecular complexity index is 717. The number of nitrogen functional groups attached to an aromatic ring is 1. The van der Waals surface area contributed by atoms with E-state index in [-0.39, 0.29) is 4.90 Å². The van der Waals surface area contributed by atoms with E-state index in [2.05, 4.69) is 4.72 Å². The van der Waals surface area contributed by atoms with Crippen molar-refractivity contribution < 1.29 is 8.42 Å². The first-order valence-corrected chi connectivity index (χ1v) is 8.45. The van der Waals surface area contributed by atoms with E-state index in [0.29, 0.717) is 11.4 Å². The van der Waals surface area contributed by atoms with E-state index in [1.54, 1.807) is 18.2 Å². The standard InChI is InChI=1S/C16H20N2O2S/c1-3-12-7-5-8-13(4-2)16(12)18-21(19,20)15-10-6-9-14(17)11-15/h5-11,18H,3-4,17H2,1-2H3. The number of hydrogen-bond acceptors (Lipinski definition) is 3. The van der Waals surface area contributed by atoms with Gasteiger partial charge in [-0.2, -0.15) is 0 Å². The minimum Gasteiger partial charge on any atom is -0.399 e. The van der Waals surface area contributed by atoms with E-state index >= 15 is 0 Å². The largest absolute Gasteiger partial charge is 0.399 e. The summed E-state index contributed by atoms with van der Waals surface area (Å²) < 4.78 is 27.8. The zero-order valence-electron chi connectivity index (χ0n) is 12.3. The third kappa shape index (κ3) is 3.36. The number of benzene rings is 2. The molecular formula is C16H20N2O2S. The van der Waals surface area contributed by atoms with Gasteiger partial charge in [0.15, 0.2) is 0 Å². The Morgan fingerprint density at radius 3 is 2.10 bits per heavy atom. The number of nitrogens with two attached hydrogens (primary N) is 1. The first kappa shape index (κ1) is 15.4. The van der Waals surface area contributed by atoms with Crippen molar-refractivity contribution in [3.05, 3.63) is 53.6 Å². The monoisotopic (exact) mass is 304 g/mol. The topological polar surface area (TPSA) is 72.2 Å². The van der Waals surface area contributed by atoms with Gasteiger partial charge in [-0.25, -0.2) is 8.42 Å². The van der Waals surface area contributed by atoms with Crippen molar-refractivity contribution in [2.75, 3.05) is 10.5 Å². The minimum atomic E-state index is -3.63. The summed E-state index contributed by atoms with van der Waals surface area (Å²) >= 11 is 0. The molecule has 0 spiro atoms. The Morgan fingerprint density at radius 1 is 1.00 bits per heavy atom. The van der Waals surface area contributed by atoms with Crippen LogP contribution in [0.5, 0.6) is 0 Å². The van der Waals surface area contributed by atoms with Crippen molar-refractivity contribution in [2.45, 2.75) is 31.6 Å². The van der Waals surface area contributed by atoms with Crippen molar-refractivity contribution in [1.29, 1.82) is 0 Å². The highest BCUT2D eigenvalue weighted by Gasteiger charge is 2.17. The molecule has 5 heteroatoms. The summed E-state index contributed by atoms with van der Waals surface area (Å²) in [6.07, 6.45) is 1.53. The zero-order valence-corrected chi connectivity index (χ0v) is 13.1. The Morgan fingerprint density at radius 2 is 1.57 bits per heavy atom. The molecule has 0 aliphatic carbocycles. The lowest BCUT2D eigenvalue weighted by Crippen LogP contribution is -2.15. The summed E-state index contributed by atoms with van der Waals surface area (Å²) in [4.78, 5) is 0.176. The molecule has 0 unspecified atom stereocenters. The van der Waals surface area contributed by atoms with Gasteiger partial charge in [-0.05, 0) is 42.2 Å². The summed E-state index contributed by atoms with van der Waals surface area (Å²) in [6.45, 7) is 4.01. The smallest absolute Gasteiger partial charge is 0.261 e. The van der Waals surface area contributed by atoms with Crippen molar-refractivity contribution in [3.8, 4) is 0 Å². The van der Waals surface area contributed by atoms with Crippen LogP contribution in [0, 0.1) is 0 Å². The maximum atomic E-state index is 12.5. The van der Waals surface area contributed by atoms with Crippen LogP contribution in [-0.4, -0.2) is 8.42 Å². The van der Waals surface area contributed by atoms with E-state index < -0.39 is 10.0 Å². The molecule has 2 aromatic carbocycles. The highest BCUT2D eigenvalue weighted by atomic mass is 32.2. The van der Waals surface area contributed by atoms with Gasteiger partial charge in [0.05, 0.1) is 10.6 Å². The Labute approximate surface area is 126 Å². The molecule has 0 aromatic heterocycles. The molecule has 0 aliphatic heterocycles. The molecule has 112 valence electrons. The predicted molar refractivity (Wildman–Crippen MR) is 86.9 cm³/mol. The molecule has 21 heavy (non-hydrogen) atoms.